The molecule has 0 saturated heterocycles. The van der Waals surface area contributed by atoms with E-state index in [1.807, 2.05) is 122 Å². The van der Waals surface area contributed by atoms with E-state index >= 15 is 0 Å². The molecule has 4 nitrogen and oxygen atoms in total. The van der Waals surface area contributed by atoms with E-state index in [1.54, 1.807) is 0 Å². The zero-order valence-corrected chi connectivity index (χ0v) is 25.7. The fourth-order valence-electron chi connectivity index (χ4n) is 2.84. The molecule has 0 aliphatic heterocycles. The number of para-hydroxylation sites is 2. The minimum atomic E-state index is 0. The maximum atomic E-state index is 7.13. The molecule has 0 amide bonds. The van der Waals surface area contributed by atoms with Crippen molar-refractivity contribution in [3.05, 3.63) is 159 Å². The normalized spacial score (nSPS) is 8.15. The van der Waals surface area contributed by atoms with Crippen molar-refractivity contribution in [2.45, 2.75) is 0 Å². The average Bonchev–Trinajstić information content (AvgIpc) is 3.61. The van der Waals surface area contributed by atoms with E-state index in [0.717, 1.165) is 22.2 Å². The molecule has 2 aromatic heterocycles. The Bertz CT molecular complexity index is 1310. The summed E-state index contributed by atoms with van der Waals surface area (Å²) in [7, 11) is 0. The fraction of sp³-hybridized carbons (Fsp3) is 0. The topological polar surface area (TPSA) is 75.8 Å². The van der Waals surface area contributed by atoms with Gasteiger partial charge in [-0.1, -0.05) is 83.6 Å². The van der Waals surface area contributed by atoms with Crippen LogP contribution in [-0.4, -0.2) is 23.9 Å². The third-order valence-electron chi connectivity index (χ3n) is 4.49. The quantitative estimate of drug-likeness (QED) is 0.0766. The number of nitriles is 2. The first kappa shape index (κ1) is 34.9. The van der Waals surface area contributed by atoms with Gasteiger partial charge in [0.2, 0.25) is 0 Å². The predicted octanol–water partition coefficient (Wildman–Crippen LogP) is 6.98. The maximum absolute atomic E-state index is 7.13. The fourth-order valence-corrected chi connectivity index (χ4v) is 2.84. The van der Waals surface area contributed by atoms with Crippen molar-refractivity contribution in [1.82, 2.24) is 9.97 Å². The zero-order chi connectivity index (χ0) is 27.8. The van der Waals surface area contributed by atoms with Crippen molar-refractivity contribution in [3.63, 3.8) is 0 Å². The van der Waals surface area contributed by atoms with Crippen LogP contribution in [-0.2, 0) is 25.3 Å². The second kappa shape index (κ2) is 23.1. The largest absolute Gasteiger partial charge is 2.00 e. The maximum Gasteiger partial charge on any atom is 2.00 e. The van der Waals surface area contributed by atoms with E-state index in [2.05, 4.69) is 61.2 Å². The van der Waals surface area contributed by atoms with E-state index in [4.69, 9.17) is 10.5 Å². The Morgan fingerprint density at radius 1 is 0.487 bits per heavy atom. The van der Waals surface area contributed by atoms with Crippen LogP contribution in [0.4, 0.5) is 0 Å². The third-order valence-corrected chi connectivity index (χ3v) is 4.49. The summed E-state index contributed by atoms with van der Waals surface area (Å²) in [6.45, 7) is 7.44. The second-order valence-corrected chi connectivity index (χ2v) is 7.53. The number of thiocyanates is 2. The van der Waals surface area contributed by atoms with Crippen LogP contribution in [0.2, 0.25) is 0 Å². The van der Waals surface area contributed by atoms with Gasteiger partial charge in [0.25, 0.3) is 0 Å². The van der Waals surface area contributed by atoms with Gasteiger partial charge in [0.15, 0.2) is 0 Å². The number of hydrogen-bond acceptors (Lipinski definition) is 4. The zero-order valence-electron chi connectivity index (χ0n) is 21.2. The molecular weight excluding hydrogens is 623 g/mol. The van der Waals surface area contributed by atoms with Crippen molar-refractivity contribution < 1.29 is 0 Å². The van der Waals surface area contributed by atoms with Gasteiger partial charge in [0.1, 0.15) is 0 Å². The standard InChI is InChI=1S/2C8H6N.2C7H7.2CHNS.Sn/c2*1-2-4-8-7(3-1)5-6-9-8;2*1-7-5-3-2-4-6-7;2*2-1-3;/h2*1-6H;2*2-6H,1H2;2*3H;/q4*-1;;;+2/p-2. The van der Waals surface area contributed by atoms with Crippen LogP contribution < -0.4 is 9.97 Å². The first-order valence-corrected chi connectivity index (χ1v) is 12.1. The molecule has 0 N–H and O–H groups in total. The minimum Gasteiger partial charge on any atom is -0.696 e. The summed E-state index contributed by atoms with van der Waals surface area (Å²) >= 11 is 7.40. The van der Waals surface area contributed by atoms with Crippen molar-refractivity contribution in [2.24, 2.45) is 0 Å². The Hall–Kier alpha value is -4.08. The van der Waals surface area contributed by atoms with Crippen LogP contribution in [0.5, 0.6) is 0 Å². The van der Waals surface area contributed by atoms with Crippen molar-refractivity contribution in [2.75, 3.05) is 0 Å². The van der Waals surface area contributed by atoms with Gasteiger partial charge in [-0.05, 0) is 10.8 Å². The first-order valence-electron chi connectivity index (χ1n) is 11.2. The molecule has 6 aromatic rings. The van der Waals surface area contributed by atoms with E-state index in [9.17, 15) is 0 Å². The summed E-state index contributed by atoms with van der Waals surface area (Å²) in [6, 6.07) is 39.9. The number of hydrogen-bond donors (Lipinski definition) is 0. The molecule has 4 aromatic carbocycles. The van der Waals surface area contributed by atoms with Gasteiger partial charge in [0.05, 0.1) is 0 Å². The Labute approximate surface area is 259 Å². The van der Waals surface area contributed by atoms with Crippen LogP contribution >= 0.6 is 0 Å². The number of nitrogens with zero attached hydrogens (tertiary/aromatic N) is 4. The van der Waals surface area contributed by atoms with Crippen molar-refractivity contribution in [3.8, 4) is 10.8 Å². The molecule has 0 unspecified atom stereocenters. The molecule has 0 atom stereocenters. The smallest absolute Gasteiger partial charge is 0.696 e. The van der Waals surface area contributed by atoms with E-state index < -0.39 is 0 Å². The molecule has 39 heavy (non-hydrogen) atoms. The molecule has 2 heterocycles. The first-order chi connectivity index (χ1) is 18.5. The summed E-state index contributed by atoms with van der Waals surface area (Å²) in [5, 5.41) is 19.4. The summed E-state index contributed by atoms with van der Waals surface area (Å²) in [4.78, 5) is 8.24. The van der Waals surface area contributed by atoms with E-state index in [-0.39, 0.29) is 23.9 Å². The average molecular weight is 649 g/mol. The minimum absolute atomic E-state index is 0. The van der Waals surface area contributed by atoms with Gasteiger partial charge in [-0.25, -0.2) is 10.5 Å². The van der Waals surface area contributed by atoms with Crippen LogP contribution in [0, 0.1) is 35.2 Å². The molecular formula is C32H26N4S2Sn-4. The van der Waals surface area contributed by atoms with Crippen LogP contribution in [0.3, 0.4) is 0 Å². The Morgan fingerprint density at radius 2 is 0.769 bits per heavy atom. The number of fused-ring (bicyclic) bond motifs is 2. The third kappa shape index (κ3) is 16.4. The molecule has 7 heteroatoms. The molecule has 0 saturated carbocycles. The Morgan fingerprint density at radius 3 is 1.03 bits per heavy atom. The number of aromatic nitrogens is 2. The Kier molecular flexibility index (Phi) is 20.7. The molecule has 0 spiro atoms. The SMILES string of the molecule is N#C[S-].N#C[S-].[CH2-]c1ccccc1.[CH2-]c1ccccc1.[Sn+2].c1ccc2[n-]ccc2c1.c1ccc2[n-]ccc2c1. The summed E-state index contributed by atoms with van der Waals surface area (Å²) in [6.07, 6.45) is 3.65. The van der Waals surface area contributed by atoms with Crippen molar-refractivity contribution >= 4 is 71.0 Å². The van der Waals surface area contributed by atoms with Gasteiger partial charge in [-0.3, -0.25) is 0 Å². The van der Waals surface area contributed by atoms with Gasteiger partial charge in [0, 0.05) is 0 Å². The monoisotopic (exact) mass is 650 g/mol. The molecule has 0 aliphatic carbocycles. The van der Waals surface area contributed by atoms with Gasteiger partial charge < -0.3 is 35.2 Å². The van der Waals surface area contributed by atoms with Gasteiger partial charge in [-0.15, -0.1) is 35.3 Å². The number of rotatable bonds is 0. The summed E-state index contributed by atoms with van der Waals surface area (Å²) in [5.74, 6) is 0. The van der Waals surface area contributed by atoms with Crippen molar-refractivity contribution in [1.29, 1.82) is 10.5 Å². The summed E-state index contributed by atoms with van der Waals surface area (Å²) in [5.41, 5.74) is 4.31. The second-order valence-electron chi connectivity index (χ2n) is 7.16. The van der Waals surface area contributed by atoms with E-state index in [1.165, 1.54) is 21.6 Å². The molecule has 0 fully saturated rings. The van der Waals surface area contributed by atoms with Gasteiger partial charge in [-0.2, -0.15) is 61.6 Å². The molecule has 6 rings (SSSR count). The van der Waals surface area contributed by atoms with Crippen LogP contribution in [0.1, 0.15) is 11.1 Å². The molecule has 0 aliphatic rings. The van der Waals surface area contributed by atoms with Crippen LogP contribution in [0.15, 0.2) is 134 Å². The summed E-state index contributed by atoms with van der Waals surface area (Å²) < 4.78 is 0. The molecule has 194 valence electrons. The van der Waals surface area contributed by atoms with Crippen LogP contribution in [0.25, 0.3) is 21.8 Å². The van der Waals surface area contributed by atoms with E-state index in [0.29, 0.717) is 0 Å². The molecule has 0 bridgehead atoms. The number of benzene rings is 4. The Balaban J connectivity index is 0.000000462. The van der Waals surface area contributed by atoms with Gasteiger partial charge >= 0.3 is 23.9 Å². The predicted molar refractivity (Wildman–Crippen MR) is 168 cm³/mol. The molecule has 2 radical (unpaired) electrons.